The lowest BCUT2D eigenvalue weighted by molar-refractivity contribution is 0.630. The van der Waals surface area contributed by atoms with Crippen molar-refractivity contribution in [2.45, 2.75) is 33.2 Å². The molecule has 1 saturated carbocycles. The van der Waals surface area contributed by atoms with Gasteiger partial charge in [-0.2, -0.15) is 0 Å². The number of anilines is 2. The zero-order valence-corrected chi connectivity index (χ0v) is 8.96. The van der Waals surface area contributed by atoms with Gasteiger partial charge in [0.1, 0.15) is 5.82 Å². The minimum atomic E-state index is 0.401. The van der Waals surface area contributed by atoms with E-state index in [1.807, 2.05) is 13.0 Å². The maximum atomic E-state index is 5.92. The van der Waals surface area contributed by atoms with E-state index in [-0.39, 0.29) is 0 Å². The van der Waals surface area contributed by atoms with Crippen LogP contribution in [0.4, 0.5) is 11.5 Å². The second kappa shape index (κ2) is 2.87. The summed E-state index contributed by atoms with van der Waals surface area (Å²) in [4.78, 5) is 4.25. The first-order valence-electron chi connectivity index (χ1n) is 4.98. The number of nitrogens with two attached hydrogens (primary N) is 1. The third-order valence-electron chi connectivity index (χ3n) is 3.03. The van der Waals surface area contributed by atoms with Gasteiger partial charge >= 0.3 is 0 Å². The van der Waals surface area contributed by atoms with E-state index in [9.17, 15) is 0 Å². The van der Waals surface area contributed by atoms with E-state index >= 15 is 0 Å². The van der Waals surface area contributed by atoms with Crippen LogP contribution in [0, 0.1) is 12.3 Å². The molecule has 76 valence electrons. The van der Waals surface area contributed by atoms with Crippen LogP contribution in [0.1, 0.15) is 25.8 Å². The molecule has 0 aliphatic heterocycles. The van der Waals surface area contributed by atoms with Crippen LogP contribution in [0.25, 0.3) is 0 Å². The first kappa shape index (κ1) is 9.31. The highest BCUT2D eigenvalue weighted by atomic mass is 15.1. The molecule has 1 aromatic heterocycles. The summed E-state index contributed by atoms with van der Waals surface area (Å²) in [5.41, 5.74) is 8.18. The number of rotatable bonds is 2. The highest BCUT2D eigenvalue weighted by molar-refractivity contribution is 5.65. The molecule has 1 aliphatic carbocycles. The monoisotopic (exact) mass is 191 g/mol. The number of nitrogens with zero attached hydrogens (tertiary/aromatic N) is 1. The van der Waals surface area contributed by atoms with Gasteiger partial charge in [-0.15, -0.1) is 0 Å². The highest BCUT2D eigenvalue weighted by Gasteiger charge is 2.46. The van der Waals surface area contributed by atoms with Crippen molar-refractivity contribution in [3.05, 3.63) is 17.8 Å². The van der Waals surface area contributed by atoms with E-state index in [1.165, 1.54) is 6.42 Å². The zero-order valence-electron chi connectivity index (χ0n) is 8.96. The number of nitrogen functional groups attached to an aromatic ring is 1. The van der Waals surface area contributed by atoms with Crippen molar-refractivity contribution in [1.29, 1.82) is 0 Å². The highest BCUT2D eigenvalue weighted by Crippen LogP contribution is 2.46. The van der Waals surface area contributed by atoms with Gasteiger partial charge in [-0.05, 0) is 30.4 Å². The van der Waals surface area contributed by atoms with E-state index in [2.05, 4.69) is 24.1 Å². The lowest BCUT2D eigenvalue weighted by atomic mass is 10.2. The molecule has 0 aromatic carbocycles. The van der Waals surface area contributed by atoms with Gasteiger partial charge in [0.25, 0.3) is 0 Å². The largest absolute Gasteiger partial charge is 0.396 e. The first-order valence-corrected chi connectivity index (χ1v) is 4.98. The summed E-state index contributed by atoms with van der Waals surface area (Å²) in [6, 6.07) is 2.46. The molecular formula is C11H17N3. The first-order chi connectivity index (χ1) is 6.50. The average molecular weight is 191 g/mol. The van der Waals surface area contributed by atoms with Crippen LogP contribution in [-0.2, 0) is 0 Å². The molecule has 0 spiro atoms. The number of hydrogen-bond acceptors (Lipinski definition) is 3. The molecule has 1 aromatic rings. The van der Waals surface area contributed by atoms with Crippen LogP contribution in [0.3, 0.4) is 0 Å². The number of hydrogen-bond donors (Lipinski definition) is 2. The molecule has 3 nitrogen and oxygen atoms in total. The molecule has 1 atom stereocenters. The van der Waals surface area contributed by atoms with Crippen LogP contribution in [0.5, 0.6) is 0 Å². The molecule has 0 bridgehead atoms. The molecule has 0 radical (unpaired) electrons. The second-order valence-corrected chi connectivity index (χ2v) is 4.78. The van der Waals surface area contributed by atoms with Gasteiger partial charge in [-0.1, -0.05) is 13.8 Å². The molecular weight excluding hydrogens is 174 g/mol. The molecule has 1 unspecified atom stereocenters. The number of pyridine rings is 1. The van der Waals surface area contributed by atoms with Gasteiger partial charge in [0.05, 0.1) is 5.69 Å². The van der Waals surface area contributed by atoms with Crippen LogP contribution in [0.15, 0.2) is 12.3 Å². The number of aromatic nitrogens is 1. The molecule has 3 N–H and O–H groups in total. The molecule has 0 saturated heterocycles. The molecule has 1 fully saturated rings. The third-order valence-corrected chi connectivity index (χ3v) is 3.03. The Morgan fingerprint density at radius 1 is 1.57 bits per heavy atom. The van der Waals surface area contributed by atoms with Gasteiger partial charge in [0, 0.05) is 12.2 Å². The topological polar surface area (TPSA) is 50.9 Å². The fourth-order valence-corrected chi connectivity index (χ4v) is 1.56. The maximum absolute atomic E-state index is 5.92. The van der Waals surface area contributed by atoms with Crippen LogP contribution >= 0.6 is 0 Å². The van der Waals surface area contributed by atoms with Gasteiger partial charge in [-0.3, -0.25) is 0 Å². The summed E-state index contributed by atoms with van der Waals surface area (Å²) >= 11 is 0. The molecule has 1 aliphatic rings. The summed E-state index contributed by atoms with van der Waals surface area (Å²) in [7, 11) is 0. The lowest BCUT2D eigenvalue weighted by Gasteiger charge is -2.10. The number of nitrogens with one attached hydrogen (secondary N) is 1. The van der Waals surface area contributed by atoms with Crippen LogP contribution in [-0.4, -0.2) is 11.0 Å². The Hall–Kier alpha value is -1.25. The zero-order chi connectivity index (χ0) is 10.3. The molecule has 1 heterocycles. The minimum Gasteiger partial charge on any atom is -0.396 e. The van der Waals surface area contributed by atoms with E-state index in [0.717, 1.165) is 17.1 Å². The predicted octanol–water partition coefficient (Wildman–Crippen LogP) is 2.18. The van der Waals surface area contributed by atoms with E-state index in [1.54, 1.807) is 6.20 Å². The summed E-state index contributed by atoms with van der Waals surface area (Å²) < 4.78 is 0. The van der Waals surface area contributed by atoms with Crippen molar-refractivity contribution in [1.82, 2.24) is 4.98 Å². The van der Waals surface area contributed by atoms with Gasteiger partial charge in [0.15, 0.2) is 0 Å². The van der Waals surface area contributed by atoms with Crippen molar-refractivity contribution < 1.29 is 0 Å². The summed E-state index contributed by atoms with van der Waals surface area (Å²) in [5, 5.41) is 3.38. The Balaban J connectivity index is 2.14. The Morgan fingerprint density at radius 2 is 2.21 bits per heavy atom. The Kier molecular flexibility index (Phi) is 1.91. The SMILES string of the molecule is Cc1ccnc(NC2CC2(C)C)c1N. The van der Waals surface area contributed by atoms with Crippen molar-refractivity contribution in [3.63, 3.8) is 0 Å². The Bertz CT molecular complexity index is 358. The Morgan fingerprint density at radius 3 is 2.79 bits per heavy atom. The fourth-order valence-electron chi connectivity index (χ4n) is 1.56. The van der Waals surface area contributed by atoms with Crippen LogP contribution in [0.2, 0.25) is 0 Å². The molecule has 14 heavy (non-hydrogen) atoms. The van der Waals surface area contributed by atoms with Crippen molar-refractivity contribution in [2.75, 3.05) is 11.1 Å². The second-order valence-electron chi connectivity index (χ2n) is 4.78. The van der Waals surface area contributed by atoms with Crippen LogP contribution < -0.4 is 11.1 Å². The smallest absolute Gasteiger partial charge is 0.149 e. The van der Waals surface area contributed by atoms with Crippen molar-refractivity contribution >= 4 is 11.5 Å². The summed E-state index contributed by atoms with van der Waals surface area (Å²) in [6.07, 6.45) is 2.99. The average Bonchev–Trinajstić information content (AvgIpc) is 2.68. The maximum Gasteiger partial charge on any atom is 0.149 e. The van der Waals surface area contributed by atoms with E-state index < -0.39 is 0 Å². The van der Waals surface area contributed by atoms with Gasteiger partial charge in [-0.25, -0.2) is 4.98 Å². The van der Waals surface area contributed by atoms with Crippen molar-refractivity contribution in [2.24, 2.45) is 5.41 Å². The number of aryl methyl sites for hydroxylation is 1. The molecule has 0 amide bonds. The molecule has 3 heteroatoms. The quantitative estimate of drug-likeness (QED) is 0.753. The Labute approximate surface area is 84.7 Å². The van der Waals surface area contributed by atoms with E-state index in [4.69, 9.17) is 5.73 Å². The summed E-state index contributed by atoms with van der Waals surface area (Å²) in [5.74, 6) is 0.834. The third kappa shape index (κ3) is 1.54. The normalized spacial score (nSPS) is 23.2. The lowest BCUT2D eigenvalue weighted by Crippen LogP contribution is -2.11. The molecule has 2 rings (SSSR count). The minimum absolute atomic E-state index is 0.401. The summed E-state index contributed by atoms with van der Waals surface area (Å²) in [6.45, 7) is 6.49. The van der Waals surface area contributed by atoms with Gasteiger partial charge < -0.3 is 11.1 Å². The fraction of sp³-hybridized carbons (Fsp3) is 0.545. The van der Waals surface area contributed by atoms with Crippen molar-refractivity contribution in [3.8, 4) is 0 Å². The standard InChI is InChI=1S/C11H17N3/c1-7-4-5-13-10(9(7)12)14-8-6-11(8,2)3/h4-5,8H,6,12H2,1-3H3,(H,13,14). The van der Waals surface area contributed by atoms with E-state index in [0.29, 0.717) is 11.5 Å². The van der Waals surface area contributed by atoms with Gasteiger partial charge in [0.2, 0.25) is 0 Å². The predicted molar refractivity (Wildman–Crippen MR) is 59.2 cm³/mol.